The minimum atomic E-state index is 0.445. The zero-order valence-electron chi connectivity index (χ0n) is 25.6. The van der Waals surface area contributed by atoms with Gasteiger partial charge in [0.2, 0.25) is 11.8 Å². The van der Waals surface area contributed by atoms with E-state index in [1.54, 1.807) is 0 Å². The van der Waals surface area contributed by atoms with E-state index >= 15 is 0 Å². The minimum absolute atomic E-state index is 0.445. The van der Waals surface area contributed by atoms with Gasteiger partial charge < -0.3 is 14.4 Å². The largest absolute Gasteiger partial charge is 0.473 e. The summed E-state index contributed by atoms with van der Waals surface area (Å²) in [6.45, 7) is 9.22. The number of ether oxygens (including phenoxy) is 2. The smallest absolute Gasteiger partial charge is 0.225 e. The van der Waals surface area contributed by atoms with Gasteiger partial charge in [0.15, 0.2) is 0 Å². The molecule has 6 rings (SSSR count). The molecule has 1 aliphatic heterocycles. The fourth-order valence-corrected chi connectivity index (χ4v) is 5.45. The first kappa shape index (κ1) is 29.9. The normalized spacial score (nSPS) is 13.1. The van der Waals surface area contributed by atoms with E-state index in [2.05, 4.69) is 90.7 Å². The summed E-state index contributed by atoms with van der Waals surface area (Å²) in [4.78, 5) is 7.29. The van der Waals surface area contributed by atoms with Crippen molar-refractivity contribution in [3.05, 3.63) is 144 Å². The van der Waals surface area contributed by atoms with E-state index in [1.165, 1.54) is 16.8 Å². The van der Waals surface area contributed by atoms with E-state index in [1.807, 2.05) is 56.3 Å². The molecule has 1 fully saturated rings. The SMILES string of the molecule is CC.Cc1ccc(N2CCC(c3ccc(-c4ccc(OCc5ccccc5)nc4OCc4ccccc4)cc3)CC2)cc1. The second-order valence-corrected chi connectivity index (χ2v) is 10.8. The van der Waals surface area contributed by atoms with Gasteiger partial charge in [-0.15, -0.1) is 0 Å². The summed E-state index contributed by atoms with van der Waals surface area (Å²) >= 11 is 0. The van der Waals surface area contributed by atoms with Crippen molar-refractivity contribution in [2.45, 2.75) is 52.7 Å². The van der Waals surface area contributed by atoms with Crippen molar-refractivity contribution in [2.24, 2.45) is 0 Å². The number of nitrogens with zero attached hydrogens (tertiary/aromatic N) is 2. The summed E-state index contributed by atoms with van der Waals surface area (Å²) in [5.41, 5.74) is 8.30. The molecule has 43 heavy (non-hydrogen) atoms. The van der Waals surface area contributed by atoms with Crippen LogP contribution in [0, 0.1) is 6.92 Å². The lowest BCUT2D eigenvalue weighted by Gasteiger charge is -2.34. The molecular weight excluding hydrogens is 528 g/mol. The second-order valence-electron chi connectivity index (χ2n) is 10.8. The summed E-state index contributed by atoms with van der Waals surface area (Å²) in [6, 6.07) is 42.2. The molecule has 0 radical (unpaired) electrons. The standard InChI is InChI=1S/C37H36N2O2.C2H6/c1-28-12-18-34(19-13-28)39-24-22-32(23-25-39)31-14-16-33(17-15-31)35-20-21-36(40-26-29-8-4-2-5-9-29)38-37(35)41-27-30-10-6-3-7-11-30;1-2/h2-21,32H,22-27H2,1H3;1-2H3. The Hall–Kier alpha value is -4.57. The Morgan fingerprint density at radius 2 is 1.23 bits per heavy atom. The van der Waals surface area contributed by atoms with Crippen molar-refractivity contribution in [2.75, 3.05) is 18.0 Å². The predicted octanol–water partition coefficient (Wildman–Crippen LogP) is 9.63. The number of hydrogen-bond donors (Lipinski definition) is 0. The van der Waals surface area contributed by atoms with Crippen molar-refractivity contribution >= 4 is 5.69 Å². The number of hydrogen-bond acceptors (Lipinski definition) is 4. The molecule has 5 aromatic rings. The molecule has 0 unspecified atom stereocenters. The third-order valence-corrected chi connectivity index (χ3v) is 7.87. The summed E-state index contributed by atoms with van der Waals surface area (Å²) in [5.74, 6) is 1.71. The Morgan fingerprint density at radius 3 is 1.84 bits per heavy atom. The Kier molecular flexibility index (Phi) is 10.5. The molecule has 1 saturated heterocycles. The topological polar surface area (TPSA) is 34.6 Å². The maximum absolute atomic E-state index is 6.28. The first-order valence-electron chi connectivity index (χ1n) is 15.5. The van der Waals surface area contributed by atoms with Gasteiger partial charge in [0, 0.05) is 30.4 Å². The lowest BCUT2D eigenvalue weighted by molar-refractivity contribution is 0.268. The molecule has 4 heteroatoms. The Morgan fingerprint density at radius 1 is 0.651 bits per heavy atom. The average Bonchev–Trinajstić information content (AvgIpc) is 3.09. The molecule has 220 valence electrons. The quantitative estimate of drug-likeness (QED) is 0.177. The van der Waals surface area contributed by atoms with Crippen molar-refractivity contribution < 1.29 is 9.47 Å². The molecule has 0 spiro atoms. The van der Waals surface area contributed by atoms with E-state index < -0.39 is 0 Å². The predicted molar refractivity (Wildman–Crippen MR) is 178 cm³/mol. The van der Waals surface area contributed by atoms with Gasteiger partial charge in [-0.25, -0.2) is 0 Å². The molecule has 1 aliphatic rings. The molecule has 2 heterocycles. The average molecular weight is 571 g/mol. The summed E-state index contributed by atoms with van der Waals surface area (Å²) in [5, 5.41) is 0. The van der Waals surface area contributed by atoms with Crippen molar-refractivity contribution in [1.82, 2.24) is 4.98 Å². The number of aromatic nitrogens is 1. The van der Waals surface area contributed by atoms with E-state index in [0.29, 0.717) is 30.9 Å². The van der Waals surface area contributed by atoms with E-state index in [4.69, 9.17) is 14.5 Å². The van der Waals surface area contributed by atoms with Gasteiger partial charge in [-0.2, -0.15) is 4.98 Å². The lowest BCUT2D eigenvalue weighted by atomic mass is 9.88. The van der Waals surface area contributed by atoms with Crippen LogP contribution in [0.15, 0.2) is 121 Å². The lowest BCUT2D eigenvalue weighted by Crippen LogP contribution is -2.32. The number of piperidine rings is 1. The highest BCUT2D eigenvalue weighted by atomic mass is 16.5. The zero-order chi connectivity index (χ0) is 29.9. The Bertz CT molecular complexity index is 1530. The van der Waals surface area contributed by atoms with Crippen LogP contribution < -0.4 is 14.4 Å². The number of benzene rings is 4. The van der Waals surface area contributed by atoms with Gasteiger partial charge in [0.25, 0.3) is 0 Å². The van der Waals surface area contributed by atoms with Crippen LogP contribution in [0.2, 0.25) is 0 Å². The molecule has 0 amide bonds. The van der Waals surface area contributed by atoms with Crippen LogP contribution in [0.25, 0.3) is 11.1 Å². The minimum Gasteiger partial charge on any atom is -0.473 e. The third-order valence-electron chi connectivity index (χ3n) is 7.87. The molecule has 0 bridgehead atoms. The van der Waals surface area contributed by atoms with Crippen LogP contribution in [0.5, 0.6) is 11.8 Å². The maximum atomic E-state index is 6.28. The number of rotatable bonds is 9. The van der Waals surface area contributed by atoms with Gasteiger partial charge in [0.05, 0.1) is 0 Å². The number of aryl methyl sites for hydroxylation is 1. The molecule has 0 saturated carbocycles. The highest BCUT2D eigenvalue weighted by Gasteiger charge is 2.21. The summed E-state index contributed by atoms with van der Waals surface area (Å²) in [7, 11) is 0. The second kappa shape index (κ2) is 15.1. The van der Waals surface area contributed by atoms with E-state index in [-0.39, 0.29) is 0 Å². The Balaban J connectivity index is 0.00000180. The molecule has 0 N–H and O–H groups in total. The fourth-order valence-electron chi connectivity index (χ4n) is 5.45. The van der Waals surface area contributed by atoms with Gasteiger partial charge >= 0.3 is 0 Å². The fraction of sp³-hybridized carbons (Fsp3) is 0.256. The van der Waals surface area contributed by atoms with E-state index in [0.717, 1.165) is 48.2 Å². The van der Waals surface area contributed by atoms with Gasteiger partial charge in [0.1, 0.15) is 13.2 Å². The van der Waals surface area contributed by atoms with Crippen LogP contribution in [-0.2, 0) is 13.2 Å². The van der Waals surface area contributed by atoms with Gasteiger partial charge in [-0.05, 0) is 66.1 Å². The van der Waals surface area contributed by atoms with Crippen LogP contribution >= 0.6 is 0 Å². The molecule has 0 aliphatic carbocycles. The molecule has 4 nitrogen and oxygen atoms in total. The third kappa shape index (κ3) is 8.04. The monoisotopic (exact) mass is 570 g/mol. The maximum Gasteiger partial charge on any atom is 0.225 e. The van der Waals surface area contributed by atoms with E-state index in [9.17, 15) is 0 Å². The first-order valence-corrected chi connectivity index (χ1v) is 15.5. The molecule has 4 aromatic carbocycles. The molecule has 1 aromatic heterocycles. The summed E-state index contributed by atoms with van der Waals surface area (Å²) in [6.07, 6.45) is 2.32. The number of anilines is 1. The van der Waals surface area contributed by atoms with Crippen LogP contribution in [-0.4, -0.2) is 18.1 Å². The van der Waals surface area contributed by atoms with Gasteiger partial charge in [-0.3, -0.25) is 0 Å². The van der Waals surface area contributed by atoms with Crippen molar-refractivity contribution in [3.63, 3.8) is 0 Å². The Labute approximate surface area is 257 Å². The highest BCUT2D eigenvalue weighted by molar-refractivity contribution is 5.69. The van der Waals surface area contributed by atoms with Crippen LogP contribution in [0.1, 0.15) is 54.9 Å². The van der Waals surface area contributed by atoms with Crippen LogP contribution in [0.4, 0.5) is 5.69 Å². The van der Waals surface area contributed by atoms with Crippen molar-refractivity contribution in [1.29, 1.82) is 0 Å². The highest BCUT2D eigenvalue weighted by Crippen LogP contribution is 2.35. The molecule has 0 atom stereocenters. The summed E-state index contributed by atoms with van der Waals surface area (Å²) < 4.78 is 12.3. The number of pyridine rings is 1. The van der Waals surface area contributed by atoms with Crippen LogP contribution in [0.3, 0.4) is 0 Å². The first-order chi connectivity index (χ1) is 21.2. The van der Waals surface area contributed by atoms with Crippen molar-refractivity contribution in [3.8, 4) is 22.9 Å². The zero-order valence-corrected chi connectivity index (χ0v) is 25.6. The molecular formula is C39H42N2O2. The van der Waals surface area contributed by atoms with Gasteiger partial charge in [-0.1, -0.05) is 116 Å².